The molecule has 2 aromatic carbocycles. The lowest BCUT2D eigenvalue weighted by atomic mass is 10.1. The Morgan fingerprint density at radius 3 is 2.56 bits per heavy atom. The number of methoxy groups -OCH3 is 1. The second kappa shape index (κ2) is 7.58. The van der Waals surface area contributed by atoms with Crippen LogP contribution in [0.5, 0.6) is 0 Å². The summed E-state index contributed by atoms with van der Waals surface area (Å²) in [6.07, 6.45) is 0.978. The highest BCUT2D eigenvalue weighted by atomic mass is 32.2. The maximum absolute atomic E-state index is 13.6. The molecule has 9 heteroatoms. The summed E-state index contributed by atoms with van der Waals surface area (Å²) in [7, 11) is -2.21. The number of nitro benzene ring substituents is 1. The van der Waals surface area contributed by atoms with Crippen LogP contribution in [0.3, 0.4) is 0 Å². The van der Waals surface area contributed by atoms with Crippen molar-refractivity contribution in [3.05, 3.63) is 63.5 Å². The molecule has 0 heterocycles. The molecule has 0 radical (unpaired) electrons. The minimum Gasteiger partial charge on any atom is -0.380 e. The largest absolute Gasteiger partial charge is 0.380 e. The van der Waals surface area contributed by atoms with Crippen molar-refractivity contribution in [2.24, 2.45) is 0 Å². The number of ether oxygens (including phenoxy) is 1. The lowest BCUT2D eigenvalue weighted by Gasteiger charge is -2.12. The van der Waals surface area contributed by atoms with Crippen LogP contribution in [0.25, 0.3) is 0 Å². The molecule has 1 N–H and O–H groups in total. The number of nitrogens with zero attached hydrogens (tertiary/aromatic N) is 1. The summed E-state index contributed by atoms with van der Waals surface area (Å²) in [6, 6.07) is 8.05. The number of halogens is 1. The molecule has 0 aliphatic rings. The lowest BCUT2D eigenvalue weighted by molar-refractivity contribution is -0.385. The standard InChI is InChI=1S/C16H17FN2O5S/c1-24-10-12-7-11(3-5-14(12)17)9-18-15-6-4-13(19(20)21)8-16(15)25(2,22)23/h3-8,18H,9-10H2,1-2H3. The maximum Gasteiger partial charge on any atom is 0.270 e. The van der Waals surface area contributed by atoms with Gasteiger partial charge >= 0.3 is 0 Å². The van der Waals surface area contributed by atoms with Crippen LogP contribution >= 0.6 is 0 Å². The Morgan fingerprint density at radius 2 is 1.96 bits per heavy atom. The number of non-ortho nitro benzene ring substituents is 1. The van der Waals surface area contributed by atoms with Crippen LogP contribution in [-0.4, -0.2) is 26.7 Å². The summed E-state index contributed by atoms with van der Waals surface area (Å²) in [4.78, 5) is 10.0. The number of nitro groups is 1. The summed E-state index contributed by atoms with van der Waals surface area (Å²) < 4.78 is 42.3. The highest BCUT2D eigenvalue weighted by molar-refractivity contribution is 7.90. The van der Waals surface area contributed by atoms with Crippen LogP contribution in [0.2, 0.25) is 0 Å². The second-order valence-corrected chi connectivity index (χ2v) is 7.41. The fraction of sp³-hybridized carbons (Fsp3) is 0.250. The van der Waals surface area contributed by atoms with Crippen LogP contribution in [-0.2, 0) is 27.7 Å². The van der Waals surface area contributed by atoms with Crippen molar-refractivity contribution in [2.45, 2.75) is 18.0 Å². The molecule has 0 aliphatic heterocycles. The molecule has 134 valence electrons. The third-order valence-corrected chi connectivity index (χ3v) is 4.61. The summed E-state index contributed by atoms with van der Waals surface area (Å²) in [5.74, 6) is -0.391. The fourth-order valence-corrected chi connectivity index (χ4v) is 3.15. The molecule has 0 atom stereocenters. The van der Waals surface area contributed by atoms with E-state index in [1.54, 1.807) is 12.1 Å². The van der Waals surface area contributed by atoms with Crippen molar-refractivity contribution in [2.75, 3.05) is 18.7 Å². The van der Waals surface area contributed by atoms with E-state index in [0.717, 1.165) is 12.3 Å². The van der Waals surface area contributed by atoms with Gasteiger partial charge in [-0.25, -0.2) is 12.8 Å². The van der Waals surface area contributed by atoms with E-state index < -0.39 is 20.6 Å². The predicted octanol–water partition coefficient (Wildman–Crippen LogP) is 2.90. The van der Waals surface area contributed by atoms with Gasteiger partial charge in [-0.05, 0) is 23.8 Å². The van der Waals surface area contributed by atoms with Gasteiger partial charge in [0, 0.05) is 37.6 Å². The van der Waals surface area contributed by atoms with Gasteiger partial charge in [0.1, 0.15) is 5.82 Å². The van der Waals surface area contributed by atoms with E-state index in [9.17, 15) is 22.9 Å². The third-order valence-electron chi connectivity index (χ3n) is 3.47. The topological polar surface area (TPSA) is 98.5 Å². The molecule has 0 unspecified atom stereocenters. The second-order valence-electron chi connectivity index (χ2n) is 5.42. The molecule has 0 spiro atoms. The van der Waals surface area contributed by atoms with Crippen LogP contribution in [0.4, 0.5) is 15.8 Å². The third kappa shape index (κ3) is 4.74. The van der Waals surface area contributed by atoms with Crippen LogP contribution < -0.4 is 5.32 Å². The maximum atomic E-state index is 13.6. The van der Waals surface area contributed by atoms with Gasteiger partial charge in [0.2, 0.25) is 0 Å². The molecule has 2 rings (SSSR count). The Labute approximate surface area is 144 Å². The zero-order chi connectivity index (χ0) is 18.6. The van der Waals surface area contributed by atoms with Crippen molar-refractivity contribution in [1.29, 1.82) is 0 Å². The van der Waals surface area contributed by atoms with E-state index >= 15 is 0 Å². The van der Waals surface area contributed by atoms with Crippen LogP contribution in [0, 0.1) is 15.9 Å². The fourth-order valence-electron chi connectivity index (χ4n) is 2.28. The molecule has 0 saturated carbocycles. The van der Waals surface area contributed by atoms with Gasteiger partial charge < -0.3 is 10.1 Å². The van der Waals surface area contributed by atoms with Gasteiger partial charge in [-0.2, -0.15) is 0 Å². The minimum absolute atomic E-state index is 0.117. The average molecular weight is 368 g/mol. The first-order valence-electron chi connectivity index (χ1n) is 7.21. The van der Waals surface area contributed by atoms with E-state index in [4.69, 9.17) is 4.74 Å². The number of hydrogen-bond donors (Lipinski definition) is 1. The summed E-state index contributed by atoms with van der Waals surface area (Å²) in [5, 5.41) is 13.8. The Bertz CT molecular complexity index is 899. The van der Waals surface area contributed by atoms with Crippen molar-refractivity contribution >= 4 is 21.2 Å². The van der Waals surface area contributed by atoms with Gasteiger partial charge in [-0.15, -0.1) is 0 Å². The summed E-state index contributed by atoms with van der Waals surface area (Å²) >= 11 is 0. The summed E-state index contributed by atoms with van der Waals surface area (Å²) in [5.41, 5.74) is 1.03. The van der Waals surface area contributed by atoms with Crippen molar-refractivity contribution in [3.63, 3.8) is 0 Å². The van der Waals surface area contributed by atoms with Crippen molar-refractivity contribution in [3.8, 4) is 0 Å². The van der Waals surface area contributed by atoms with Crippen molar-refractivity contribution in [1.82, 2.24) is 0 Å². The number of hydrogen-bond acceptors (Lipinski definition) is 6. The first-order valence-corrected chi connectivity index (χ1v) is 9.10. The Morgan fingerprint density at radius 1 is 1.24 bits per heavy atom. The van der Waals surface area contributed by atoms with Gasteiger partial charge in [-0.1, -0.05) is 6.07 Å². The van der Waals surface area contributed by atoms with Crippen LogP contribution in [0.15, 0.2) is 41.3 Å². The Balaban J connectivity index is 2.29. The molecule has 2 aromatic rings. The summed E-state index contributed by atoms with van der Waals surface area (Å²) in [6.45, 7) is 0.336. The van der Waals surface area contributed by atoms with Crippen molar-refractivity contribution < 1.29 is 22.5 Å². The number of rotatable bonds is 7. The lowest BCUT2D eigenvalue weighted by Crippen LogP contribution is -2.07. The zero-order valence-corrected chi connectivity index (χ0v) is 14.5. The van der Waals surface area contributed by atoms with Gasteiger partial charge in [0.05, 0.1) is 22.1 Å². The normalized spacial score (nSPS) is 11.3. The highest BCUT2D eigenvalue weighted by Crippen LogP contribution is 2.27. The molecule has 0 bridgehead atoms. The Kier molecular flexibility index (Phi) is 5.70. The molecule has 0 amide bonds. The van der Waals surface area contributed by atoms with Gasteiger partial charge in [0.15, 0.2) is 9.84 Å². The predicted molar refractivity (Wildman–Crippen MR) is 90.6 cm³/mol. The molecule has 0 fully saturated rings. The monoisotopic (exact) mass is 368 g/mol. The van der Waals surface area contributed by atoms with E-state index in [2.05, 4.69) is 5.32 Å². The molecule has 0 saturated heterocycles. The van der Waals surface area contributed by atoms with E-state index in [1.165, 1.54) is 25.3 Å². The number of nitrogens with one attached hydrogen (secondary N) is 1. The van der Waals surface area contributed by atoms with E-state index in [0.29, 0.717) is 11.1 Å². The first kappa shape index (κ1) is 18.8. The van der Waals surface area contributed by atoms with Gasteiger partial charge in [-0.3, -0.25) is 10.1 Å². The average Bonchev–Trinajstić information content (AvgIpc) is 2.54. The van der Waals surface area contributed by atoms with E-state index in [1.807, 2.05) is 0 Å². The molecule has 7 nitrogen and oxygen atoms in total. The van der Waals surface area contributed by atoms with E-state index in [-0.39, 0.29) is 29.4 Å². The number of anilines is 1. The quantitative estimate of drug-likeness (QED) is 0.596. The number of sulfone groups is 1. The van der Waals surface area contributed by atoms with Gasteiger partial charge in [0.25, 0.3) is 5.69 Å². The number of benzene rings is 2. The molecule has 0 aliphatic carbocycles. The highest BCUT2D eigenvalue weighted by Gasteiger charge is 2.18. The molecular weight excluding hydrogens is 351 g/mol. The molecule has 0 aromatic heterocycles. The zero-order valence-electron chi connectivity index (χ0n) is 13.7. The SMILES string of the molecule is COCc1cc(CNc2ccc([N+](=O)[O-])cc2S(C)(=O)=O)ccc1F. The Hall–Kier alpha value is -2.52. The molecular formula is C16H17FN2O5S. The first-order chi connectivity index (χ1) is 11.7. The molecule has 25 heavy (non-hydrogen) atoms. The smallest absolute Gasteiger partial charge is 0.270 e. The minimum atomic E-state index is -3.66. The van der Waals surface area contributed by atoms with Crippen LogP contribution in [0.1, 0.15) is 11.1 Å².